The molecule has 1 heterocycles. The van der Waals surface area contributed by atoms with Gasteiger partial charge in [0.15, 0.2) is 0 Å². The standard InChI is InChI=1S/C15H17Br2FN2/c1-10-15(17)14(20(2)19-10)8-12(9-16)6-11-4-3-5-13(18)7-11/h3-5,7,12H,6,8-9H2,1-2H3. The Kier molecular flexibility index (Phi) is 5.38. The van der Waals surface area contributed by atoms with Gasteiger partial charge in [0.25, 0.3) is 0 Å². The van der Waals surface area contributed by atoms with Crippen molar-refractivity contribution >= 4 is 31.9 Å². The topological polar surface area (TPSA) is 17.8 Å². The van der Waals surface area contributed by atoms with Gasteiger partial charge in [0.2, 0.25) is 0 Å². The third-order valence-corrected chi connectivity index (χ3v) is 5.32. The number of aromatic nitrogens is 2. The highest BCUT2D eigenvalue weighted by atomic mass is 79.9. The fourth-order valence-corrected chi connectivity index (χ4v) is 3.31. The first-order valence-electron chi connectivity index (χ1n) is 6.49. The van der Waals surface area contributed by atoms with Gasteiger partial charge in [-0.05, 0) is 59.3 Å². The summed E-state index contributed by atoms with van der Waals surface area (Å²) in [5, 5.41) is 5.29. The minimum atomic E-state index is -0.173. The number of halogens is 3. The second-order valence-electron chi connectivity index (χ2n) is 5.03. The SMILES string of the molecule is Cc1nn(C)c(CC(CBr)Cc2cccc(F)c2)c1Br. The molecule has 5 heteroatoms. The van der Waals surface area contributed by atoms with Crippen LogP contribution in [-0.2, 0) is 19.9 Å². The lowest BCUT2D eigenvalue weighted by Gasteiger charge is -2.15. The van der Waals surface area contributed by atoms with Crippen molar-refractivity contribution in [2.24, 2.45) is 13.0 Å². The molecule has 1 aromatic carbocycles. The highest BCUT2D eigenvalue weighted by Crippen LogP contribution is 2.25. The van der Waals surface area contributed by atoms with E-state index in [9.17, 15) is 4.39 Å². The molecule has 0 spiro atoms. The van der Waals surface area contributed by atoms with Gasteiger partial charge in [0.1, 0.15) is 5.82 Å². The highest BCUT2D eigenvalue weighted by Gasteiger charge is 2.16. The van der Waals surface area contributed by atoms with Crippen LogP contribution in [0, 0.1) is 18.7 Å². The molecule has 2 nitrogen and oxygen atoms in total. The predicted molar refractivity (Wildman–Crippen MR) is 86.7 cm³/mol. The molecule has 0 fully saturated rings. The lowest BCUT2D eigenvalue weighted by Crippen LogP contribution is -2.13. The van der Waals surface area contributed by atoms with Crippen LogP contribution in [0.15, 0.2) is 28.7 Å². The van der Waals surface area contributed by atoms with Crippen molar-refractivity contribution in [1.29, 1.82) is 0 Å². The predicted octanol–water partition coefficient (Wildman–Crippen LogP) is 4.43. The zero-order valence-electron chi connectivity index (χ0n) is 11.5. The van der Waals surface area contributed by atoms with Crippen LogP contribution in [0.4, 0.5) is 4.39 Å². The maximum absolute atomic E-state index is 13.2. The molecule has 1 unspecified atom stereocenters. The lowest BCUT2D eigenvalue weighted by molar-refractivity contribution is 0.552. The quantitative estimate of drug-likeness (QED) is 0.675. The van der Waals surface area contributed by atoms with Crippen molar-refractivity contribution in [3.8, 4) is 0 Å². The van der Waals surface area contributed by atoms with Crippen molar-refractivity contribution < 1.29 is 4.39 Å². The van der Waals surface area contributed by atoms with Crippen LogP contribution in [0.2, 0.25) is 0 Å². The first kappa shape index (κ1) is 15.7. The second-order valence-corrected chi connectivity index (χ2v) is 6.47. The minimum Gasteiger partial charge on any atom is -0.271 e. The maximum atomic E-state index is 13.2. The molecular formula is C15H17Br2FN2. The van der Waals surface area contributed by atoms with E-state index in [2.05, 4.69) is 37.0 Å². The maximum Gasteiger partial charge on any atom is 0.123 e. The second kappa shape index (κ2) is 6.85. The van der Waals surface area contributed by atoms with Crippen LogP contribution in [0.5, 0.6) is 0 Å². The van der Waals surface area contributed by atoms with E-state index in [1.165, 1.54) is 11.8 Å². The van der Waals surface area contributed by atoms with Gasteiger partial charge in [-0.25, -0.2) is 4.39 Å². The van der Waals surface area contributed by atoms with Crippen LogP contribution in [0.3, 0.4) is 0 Å². The largest absolute Gasteiger partial charge is 0.271 e. The molecule has 0 N–H and O–H groups in total. The molecule has 0 bridgehead atoms. The summed E-state index contributed by atoms with van der Waals surface area (Å²) in [7, 11) is 1.96. The van der Waals surface area contributed by atoms with E-state index >= 15 is 0 Å². The monoisotopic (exact) mass is 402 g/mol. The van der Waals surface area contributed by atoms with Gasteiger partial charge in [0.05, 0.1) is 15.9 Å². The van der Waals surface area contributed by atoms with Crippen LogP contribution in [0.25, 0.3) is 0 Å². The third kappa shape index (κ3) is 3.70. The highest BCUT2D eigenvalue weighted by molar-refractivity contribution is 9.10. The van der Waals surface area contributed by atoms with Gasteiger partial charge in [-0.2, -0.15) is 5.10 Å². The molecule has 0 amide bonds. The Hall–Kier alpha value is -0.680. The Morgan fingerprint density at radius 3 is 2.65 bits per heavy atom. The summed E-state index contributed by atoms with van der Waals surface area (Å²) in [6, 6.07) is 6.83. The van der Waals surface area contributed by atoms with Gasteiger partial charge in [-0.1, -0.05) is 28.1 Å². The molecule has 20 heavy (non-hydrogen) atoms. The third-order valence-electron chi connectivity index (χ3n) is 3.38. The summed E-state index contributed by atoms with van der Waals surface area (Å²) in [6.45, 7) is 1.99. The normalized spacial score (nSPS) is 12.7. The Labute approximate surface area is 135 Å². The Morgan fingerprint density at radius 1 is 1.35 bits per heavy atom. The van der Waals surface area contributed by atoms with E-state index in [1.54, 1.807) is 12.1 Å². The first-order valence-corrected chi connectivity index (χ1v) is 8.41. The first-order chi connectivity index (χ1) is 9.51. The van der Waals surface area contributed by atoms with E-state index in [4.69, 9.17) is 0 Å². The fraction of sp³-hybridized carbons (Fsp3) is 0.400. The molecule has 2 aromatic rings. The summed E-state index contributed by atoms with van der Waals surface area (Å²) >= 11 is 7.16. The van der Waals surface area contributed by atoms with Crippen molar-refractivity contribution in [3.63, 3.8) is 0 Å². The van der Waals surface area contributed by atoms with Gasteiger partial charge >= 0.3 is 0 Å². The summed E-state index contributed by atoms with van der Waals surface area (Å²) < 4.78 is 16.2. The summed E-state index contributed by atoms with van der Waals surface area (Å²) in [6.07, 6.45) is 1.75. The van der Waals surface area contributed by atoms with E-state index in [0.29, 0.717) is 5.92 Å². The number of nitrogens with zero attached hydrogens (tertiary/aromatic N) is 2. The molecule has 0 saturated carbocycles. The van der Waals surface area contributed by atoms with Crippen molar-refractivity contribution in [2.45, 2.75) is 19.8 Å². The average molecular weight is 404 g/mol. The van der Waals surface area contributed by atoms with E-state index < -0.39 is 0 Å². The van der Waals surface area contributed by atoms with Gasteiger partial charge in [-0.15, -0.1) is 0 Å². The van der Waals surface area contributed by atoms with E-state index in [0.717, 1.165) is 33.9 Å². The van der Waals surface area contributed by atoms with Crippen molar-refractivity contribution in [3.05, 3.63) is 51.5 Å². The van der Waals surface area contributed by atoms with Crippen LogP contribution < -0.4 is 0 Å². The molecule has 1 atom stereocenters. The van der Waals surface area contributed by atoms with E-state index in [-0.39, 0.29) is 5.82 Å². The van der Waals surface area contributed by atoms with Crippen LogP contribution in [-0.4, -0.2) is 15.1 Å². The number of hydrogen-bond donors (Lipinski definition) is 0. The number of aryl methyl sites for hydroxylation is 2. The van der Waals surface area contributed by atoms with Gasteiger partial charge in [-0.3, -0.25) is 4.68 Å². The number of rotatable bonds is 5. The molecule has 1 aromatic heterocycles. The van der Waals surface area contributed by atoms with E-state index in [1.807, 2.05) is 24.7 Å². The molecule has 0 saturated heterocycles. The number of alkyl halides is 1. The minimum absolute atomic E-state index is 0.173. The number of hydrogen-bond acceptors (Lipinski definition) is 1. The molecule has 0 aliphatic rings. The van der Waals surface area contributed by atoms with Gasteiger partial charge < -0.3 is 0 Å². The Bertz CT molecular complexity index is 596. The summed E-state index contributed by atoms with van der Waals surface area (Å²) in [4.78, 5) is 0. The summed E-state index contributed by atoms with van der Waals surface area (Å²) in [5.74, 6) is 0.233. The van der Waals surface area contributed by atoms with Crippen LogP contribution >= 0.6 is 31.9 Å². The fourth-order valence-electron chi connectivity index (χ4n) is 2.35. The smallest absolute Gasteiger partial charge is 0.123 e. The molecule has 0 radical (unpaired) electrons. The van der Waals surface area contributed by atoms with Crippen LogP contribution in [0.1, 0.15) is 17.0 Å². The van der Waals surface area contributed by atoms with Gasteiger partial charge in [0, 0.05) is 12.4 Å². The average Bonchev–Trinajstić information content (AvgIpc) is 2.64. The lowest BCUT2D eigenvalue weighted by atomic mass is 9.96. The zero-order chi connectivity index (χ0) is 14.7. The summed E-state index contributed by atoms with van der Waals surface area (Å²) in [5.41, 5.74) is 3.22. The number of benzene rings is 1. The molecule has 0 aliphatic heterocycles. The molecular weight excluding hydrogens is 387 g/mol. The van der Waals surface area contributed by atoms with Crippen molar-refractivity contribution in [2.75, 3.05) is 5.33 Å². The zero-order valence-corrected chi connectivity index (χ0v) is 14.7. The Morgan fingerprint density at radius 2 is 2.10 bits per heavy atom. The van der Waals surface area contributed by atoms with Crippen molar-refractivity contribution in [1.82, 2.24) is 9.78 Å². The molecule has 108 valence electrons. The molecule has 2 rings (SSSR count). The molecule has 0 aliphatic carbocycles. The Balaban J connectivity index is 2.13.